The lowest BCUT2D eigenvalue weighted by Crippen LogP contribution is -2.55. The second kappa shape index (κ2) is 11.7. The third kappa shape index (κ3) is 5.12. The van der Waals surface area contributed by atoms with Gasteiger partial charge in [-0.05, 0) is 43.3 Å². The van der Waals surface area contributed by atoms with Crippen LogP contribution in [0.5, 0.6) is 6.01 Å². The zero-order chi connectivity index (χ0) is 29.2. The number of halogens is 1. The molecule has 0 radical (unpaired) electrons. The highest BCUT2D eigenvalue weighted by Gasteiger charge is 2.32. The van der Waals surface area contributed by atoms with Crippen LogP contribution in [-0.4, -0.2) is 82.6 Å². The Labute approximate surface area is 243 Å². The topological polar surface area (TPSA) is 98.5 Å². The average molecular weight is 566 g/mol. The van der Waals surface area contributed by atoms with E-state index in [1.165, 1.54) is 6.08 Å². The Hall–Kier alpha value is -4.62. The van der Waals surface area contributed by atoms with Crippen LogP contribution in [0.4, 0.5) is 10.2 Å². The van der Waals surface area contributed by atoms with E-state index in [1.807, 2.05) is 47.4 Å². The van der Waals surface area contributed by atoms with E-state index in [2.05, 4.69) is 34.6 Å². The average Bonchev–Trinajstić information content (AvgIpc) is 3.44. The molecule has 0 spiro atoms. The summed E-state index contributed by atoms with van der Waals surface area (Å²) in [5.41, 5.74) is 0.997. The fourth-order valence-corrected chi connectivity index (χ4v) is 6.04. The van der Waals surface area contributed by atoms with Crippen LogP contribution in [0.2, 0.25) is 0 Å². The monoisotopic (exact) mass is 565 g/mol. The van der Waals surface area contributed by atoms with Crippen LogP contribution in [0.3, 0.4) is 0 Å². The number of hydrogen-bond donors (Lipinski definition) is 0. The third-order valence-electron chi connectivity index (χ3n) is 8.33. The highest BCUT2D eigenvalue weighted by Crippen LogP contribution is 2.35. The molecule has 0 aliphatic carbocycles. The summed E-state index contributed by atoms with van der Waals surface area (Å²) >= 11 is 0. The van der Waals surface area contributed by atoms with Gasteiger partial charge in [0.05, 0.1) is 23.9 Å². The molecular weight excluding hydrogens is 533 g/mol. The van der Waals surface area contributed by atoms with Crippen molar-refractivity contribution < 1.29 is 13.9 Å². The fourth-order valence-electron chi connectivity index (χ4n) is 6.04. The highest BCUT2D eigenvalue weighted by molar-refractivity contribution is 5.99. The van der Waals surface area contributed by atoms with Crippen molar-refractivity contribution >= 4 is 33.4 Å². The lowest BCUT2D eigenvalue weighted by atomic mass is 10.0. The fraction of sp³-hybridized carbons (Fsp3) is 0.344. The molecule has 214 valence electrons. The summed E-state index contributed by atoms with van der Waals surface area (Å²) in [6, 6.07) is 15.7. The second-order valence-electron chi connectivity index (χ2n) is 10.8. The molecule has 0 N–H and O–H groups in total. The number of ether oxygens (including phenoxy) is 1. The Kier molecular flexibility index (Phi) is 7.68. The van der Waals surface area contributed by atoms with E-state index in [0.717, 1.165) is 30.2 Å². The number of carbonyl (C=O) groups excluding carboxylic acids is 1. The smallest absolute Gasteiger partial charge is 0.319 e. The number of amides is 1. The van der Waals surface area contributed by atoms with Gasteiger partial charge in [-0.1, -0.05) is 49.0 Å². The zero-order valence-corrected chi connectivity index (χ0v) is 23.5. The number of pyridine rings is 1. The summed E-state index contributed by atoms with van der Waals surface area (Å²) in [5, 5.41) is 11.8. The Balaban J connectivity index is 1.44. The first-order chi connectivity index (χ1) is 20.5. The van der Waals surface area contributed by atoms with E-state index in [1.54, 1.807) is 11.1 Å². The van der Waals surface area contributed by atoms with Crippen LogP contribution < -0.4 is 9.64 Å². The molecule has 0 bridgehead atoms. The maximum atomic E-state index is 16.5. The second-order valence-corrected chi connectivity index (χ2v) is 10.8. The van der Waals surface area contributed by atoms with Crippen molar-refractivity contribution in [2.75, 3.05) is 44.7 Å². The Morgan fingerprint density at radius 3 is 2.76 bits per heavy atom. The van der Waals surface area contributed by atoms with Crippen LogP contribution in [0.15, 0.2) is 61.3 Å². The number of likely N-dealkylation sites (N-methyl/N-ethyl adjacent to an activating group) is 1. The Morgan fingerprint density at radius 2 is 1.98 bits per heavy atom. The van der Waals surface area contributed by atoms with Crippen molar-refractivity contribution in [3.63, 3.8) is 0 Å². The minimum Gasteiger partial charge on any atom is -0.462 e. The van der Waals surface area contributed by atoms with Crippen LogP contribution in [0.25, 0.3) is 32.9 Å². The van der Waals surface area contributed by atoms with Crippen LogP contribution >= 0.6 is 0 Å². The Morgan fingerprint density at radius 1 is 1.14 bits per heavy atom. The molecule has 2 saturated heterocycles. The molecule has 42 heavy (non-hydrogen) atoms. The summed E-state index contributed by atoms with van der Waals surface area (Å²) in [6.07, 6.45) is 5.13. The molecule has 2 aliphatic rings. The van der Waals surface area contributed by atoms with E-state index in [9.17, 15) is 10.1 Å². The van der Waals surface area contributed by atoms with Gasteiger partial charge in [-0.15, -0.1) is 0 Å². The number of fused-ring (bicyclic) bond motifs is 2. The molecule has 4 aromatic rings. The van der Waals surface area contributed by atoms with E-state index < -0.39 is 5.82 Å². The van der Waals surface area contributed by atoms with E-state index in [0.29, 0.717) is 43.0 Å². The molecule has 1 amide bonds. The summed E-state index contributed by atoms with van der Waals surface area (Å²) < 4.78 is 22.6. The van der Waals surface area contributed by atoms with Gasteiger partial charge in [0.1, 0.15) is 23.6 Å². The SMILES string of the molecule is C=CC(=O)N1CCN(c2nc(OC[C@@H]3CCCN3C)nc3c(F)c(-c4cccc5ccccc45)ncc23)C[C@@H]1CC#N. The number of rotatable bonds is 7. The van der Waals surface area contributed by atoms with Gasteiger partial charge < -0.3 is 19.4 Å². The van der Waals surface area contributed by atoms with Crippen molar-refractivity contribution in [2.24, 2.45) is 0 Å². The van der Waals surface area contributed by atoms with Gasteiger partial charge in [-0.25, -0.2) is 4.39 Å². The summed E-state index contributed by atoms with van der Waals surface area (Å²) in [4.78, 5) is 32.2. The maximum absolute atomic E-state index is 16.5. The quantitative estimate of drug-likeness (QED) is 0.301. The summed E-state index contributed by atoms with van der Waals surface area (Å²) in [5.74, 6) is -0.303. The molecule has 2 atom stereocenters. The molecule has 9 nitrogen and oxygen atoms in total. The van der Waals surface area contributed by atoms with Gasteiger partial charge in [0.25, 0.3) is 0 Å². The molecule has 2 aliphatic heterocycles. The molecule has 0 unspecified atom stereocenters. The normalized spacial score (nSPS) is 19.3. The largest absolute Gasteiger partial charge is 0.462 e. The first kappa shape index (κ1) is 27.5. The number of piperazine rings is 1. The minimum absolute atomic E-state index is 0.0909. The minimum atomic E-state index is -0.551. The van der Waals surface area contributed by atoms with Gasteiger partial charge in [0, 0.05) is 37.4 Å². The van der Waals surface area contributed by atoms with Crippen molar-refractivity contribution in [2.45, 2.75) is 31.3 Å². The van der Waals surface area contributed by atoms with Crippen LogP contribution in [0, 0.1) is 17.1 Å². The molecule has 2 aromatic carbocycles. The number of carbonyl (C=O) groups is 1. The molecule has 4 heterocycles. The number of benzene rings is 2. The molecule has 10 heteroatoms. The van der Waals surface area contributed by atoms with Gasteiger partial charge in [0.15, 0.2) is 5.82 Å². The Bertz CT molecular complexity index is 1700. The molecular formula is C32H32FN7O2. The van der Waals surface area contributed by atoms with Crippen molar-refractivity contribution in [3.05, 3.63) is 67.1 Å². The molecule has 0 saturated carbocycles. The van der Waals surface area contributed by atoms with Crippen LogP contribution in [0.1, 0.15) is 19.3 Å². The van der Waals surface area contributed by atoms with Crippen molar-refractivity contribution in [3.8, 4) is 23.3 Å². The van der Waals surface area contributed by atoms with Gasteiger partial charge in [0.2, 0.25) is 5.91 Å². The number of hydrogen-bond acceptors (Lipinski definition) is 8. The number of anilines is 1. The molecule has 6 rings (SSSR count). The first-order valence-corrected chi connectivity index (χ1v) is 14.2. The predicted octanol–water partition coefficient (Wildman–Crippen LogP) is 4.57. The number of nitrogens with zero attached hydrogens (tertiary/aromatic N) is 7. The van der Waals surface area contributed by atoms with E-state index in [-0.39, 0.29) is 41.6 Å². The van der Waals surface area contributed by atoms with Gasteiger partial charge in [-0.2, -0.15) is 15.2 Å². The lowest BCUT2D eigenvalue weighted by molar-refractivity contribution is -0.128. The first-order valence-electron chi connectivity index (χ1n) is 14.2. The number of likely N-dealkylation sites (tertiary alicyclic amines) is 1. The van der Waals surface area contributed by atoms with Gasteiger partial charge >= 0.3 is 6.01 Å². The third-order valence-corrected chi connectivity index (χ3v) is 8.33. The zero-order valence-electron chi connectivity index (χ0n) is 23.5. The lowest BCUT2D eigenvalue weighted by Gasteiger charge is -2.41. The number of nitriles is 1. The van der Waals surface area contributed by atoms with Crippen LogP contribution in [-0.2, 0) is 4.79 Å². The highest BCUT2D eigenvalue weighted by atomic mass is 19.1. The predicted molar refractivity (Wildman–Crippen MR) is 160 cm³/mol. The summed E-state index contributed by atoms with van der Waals surface area (Å²) in [6.45, 7) is 6.14. The molecule has 2 fully saturated rings. The number of aromatic nitrogens is 3. The van der Waals surface area contributed by atoms with Crippen molar-refractivity contribution in [1.82, 2.24) is 24.8 Å². The van der Waals surface area contributed by atoms with E-state index >= 15 is 4.39 Å². The summed E-state index contributed by atoms with van der Waals surface area (Å²) in [7, 11) is 2.06. The van der Waals surface area contributed by atoms with Crippen molar-refractivity contribution in [1.29, 1.82) is 5.26 Å². The maximum Gasteiger partial charge on any atom is 0.319 e. The standard InChI is InChI=1S/C32H32FN7O2/c1-3-27(41)40-17-16-39(19-22(40)13-14-34)31-26-18-35-29(25-12-6-9-21-8-4-5-11-24(21)25)28(33)30(26)36-32(37-31)42-20-23-10-7-15-38(23)2/h3-6,8-9,11-12,18,22-23H,1,7,10,13,15-17,19-20H2,2H3/t22-,23-/m0/s1. The van der Waals surface area contributed by atoms with Gasteiger partial charge in [-0.3, -0.25) is 9.78 Å². The molecule has 2 aromatic heterocycles. The van der Waals surface area contributed by atoms with E-state index in [4.69, 9.17) is 9.72 Å².